The summed E-state index contributed by atoms with van der Waals surface area (Å²) in [5.74, 6) is -4.37. The van der Waals surface area contributed by atoms with Crippen LogP contribution in [0.1, 0.15) is 16.1 Å². The zero-order chi connectivity index (χ0) is 20.3. The van der Waals surface area contributed by atoms with E-state index < -0.39 is 23.4 Å². The molecule has 1 heterocycles. The van der Waals surface area contributed by atoms with E-state index in [1.54, 1.807) is 12.1 Å². The molecular weight excluding hydrogens is 373 g/mol. The number of benzene rings is 2. The lowest BCUT2D eigenvalue weighted by Crippen LogP contribution is -2.15. The minimum Gasteiger partial charge on any atom is -0.495 e. The molecule has 2 aromatic carbocycles. The number of methoxy groups -OCH3 is 1. The van der Waals surface area contributed by atoms with Gasteiger partial charge in [0.25, 0.3) is 5.91 Å². The Morgan fingerprint density at radius 1 is 1.00 bits per heavy atom. The Morgan fingerprint density at radius 3 is 2.54 bits per heavy atom. The fourth-order valence-electron chi connectivity index (χ4n) is 2.42. The summed E-state index contributed by atoms with van der Waals surface area (Å²) in [7, 11) is 1.48. The van der Waals surface area contributed by atoms with Crippen molar-refractivity contribution in [3.63, 3.8) is 0 Å². The van der Waals surface area contributed by atoms with Crippen LogP contribution in [0.15, 0.2) is 42.7 Å². The predicted molar refractivity (Wildman–Crippen MR) is 97.3 cm³/mol. The monoisotopic (exact) mass is 388 g/mol. The number of amides is 1. The van der Waals surface area contributed by atoms with Crippen molar-refractivity contribution in [2.24, 2.45) is 0 Å². The first-order chi connectivity index (χ1) is 13.4. The molecule has 0 bridgehead atoms. The maximum absolute atomic E-state index is 13.8. The Balaban J connectivity index is 1.83. The van der Waals surface area contributed by atoms with Crippen LogP contribution in [0, 0.1) is 24.4 Å². The molecule has 0 saturated heterocycles. The van der Waals surface area contributed by atoms with Gasteiger partial charge in [0.1, 0.15) is 23.6 Å². The molecule has 0 radical (unpaired) electrons. The largest absolute Gasteiger partial charge is 0.495 e. The fraction of sp³-hybridized carbons (Fsp3) is 0.105. The summed E-state index contributed by atoms with van der Waals surface area (Å²) in [5.41, 5.74) is 1.01. The van der Waals surface area contributed by atoms with Crippen molar-refractivity contribution in [2.45, 2.75) is 6.92 Å². The number of rotatable bonds is 5. The number of aromatic nitrogens is 2. The van der Waals surface area contributed by atoms with E-state index in [1.165, 1.54) is 13.2 Å². The van der Waals surface area contributed by atoms with Gasteiger partial charge >= 0.3 is 0 Å². The van der Waals surface area contributed by atoms with Crippen LogP contribution in [0.4, 0.5) is 30.4 Å². The van der Waals surface area contributed by atoms with Crippen molar-refractivity contribution in [1.29, 1.82) is 0 Å². The average Bonchev–Trinajstić information content (AvgIpc) is 2.69. The van der Waals surface area contributed by atoms with E-state index in [4.69, 9.17) is 4.74 Å². The molecule has 0 fully saturated rings. The van der Waals surface area contributed by atoms with Crippen molar-refractivity contribution in [3.8, 4) is 5.75 Å². The quantitative estimate of drug-likeness (QED) is 0.641. The van der Waals surface area contributed by atoms with Crippen LogP contribution in [0.2, 0.25) is 0 Å². The second-order valence-corrected chi connectivity index (χ2v) is 5.79. The minimum absolute atomic E-state index is 0.0240. The Bertz CT molecular complexity index is 1040. The zero-order valence-corrected chi connectivity index (χ0v) is 14.9. The first kappa shape index (κ1) is 19.2. The van der Waals surface area contributed by atoms with Gasteiger partial charge < -0.3 is 15.4 Å². The molecule has 0 atom stereocenters. The molecule has 1 amide bonds. The third-order valence-corrected chi connectivity index (χ3v) is 3.80. The Hall–Kier alpha value is -3.62. The third-order valence-electron chi connectivity index (χ3n) is 3.80. The van der Waals surface area contributed by atoms with E-state index in [0.717, 1.165) is 24.0 Å². The van der Waals surface area contributed by atoms with Gasteiger partial charge in [0, 0.05) is 6.07 Å². The summed E-state index contributed by atoms with van der Waals surface area (Å²) in [5, 5.41) is 5.17. The number of hydrogen-bond acceptors (Lipinski definition) is 5. The summed E-state index contributed by atoms with van der Waals surface area (Å²) < 4.78 is 45.4. The number of ether oxygens (including phenoxy) is 1. The molecule has 0 unspecified atom stereocenters. The van der Waals surface area contributed by atoms with E-state index in [2.05, 4.69) is 20.6 Å². The molecular formula is C19H15F3N4O2. The van der Waals surface area contributed by atoms with Crippen LogP contribution < -0.4 is 15.4 Å². The number of nitrogens with one attached hydrogen (secondary N) is 2. The predicted octanol–water partition coefficient (Wildman–Crippen LogP) is 4.21. The van der Waals surface area contributed by atoms with Gasteiger partial charge in [-0.2, -0.15) is 0 Å². The summed E-state index contributed by atoms with van der Waals surface area (Å²) in [4.78, 5) is 20.2. The highest BCUT2D eigenvalue weighted by atomic mass is 19.2. The number of anilines is 3. The van der Waals surface area contributed by atoms with E-state index >= 15 is 0 Å². The van der Waals surface area contributed by atoms with Gasteiger partial charge in [0.15, 0.2) is 17.5 Å². The Morgan fingerprint density at radius 2 is 1.79 bits per heavy atom. The number of hydrogen-bond donors (Lipinski definition) is 2. The fourth-order valence-corrected chi connectivity index (χ4v) is 2.42. The number of carbonyl (C=O) groups is 1. The van der Waals surface area contributed by atoms with Crippen LogP contribution in [-0.2, 0) is 0 Å². The molecule has 9 heteroatoms. The van der Waals surface area contributed by atoms with E-state index in [0.29, 0.717) is 11.4 Å². The topological polar surface area (TPSA) is 76.1 Å². The highest BCUT2D eigenvalue weighted by Gasteiger charge is 2.16. The van der Waals surface area contributed by atoms with Gasteiger partial charge in [-0.25, -0.2) is 23.1 Å². The van der Waals surface area contributed by atoms with E-state index in [-0.39, 0.29) is 17.2 Å². The second kappa shape index (κ2) is 7.95. The van der Waals surface area contributed by atoms with Crippen molar-refractivity contribution < 1.29 is 22.7 Å². The van der Waals surface area contributed by atoms with Gasteiger partial charge in [0.05, 0.1) is 18.5 Å². The smallest absolute Gasteiger partial charge is 0.274 e. The van der Waals surface area contributed by atoms with Crippen molar-refractivity contribution >= 4 is 23.1 Å². The average molecular weight is 388 g/mol. The van der Waals surface area contributed by atoms with Crippen molar-refractivity contribution in [3.05, 3.63) is 71.4 Å². The Labute approximate surface area is 158 Å². The first-order valence-corrected chi connectivity index (χ1v) is 8.07. The van der Waals surface area contributed by atoms with Crippen LogP contribution in [0.25, 0.3) is 0 Å². The number of aryl methyl sites for hydroxylation is 1. The highest BCUT2D eigenvalue weighted by molar-refractivity contribution is 6.04. The molecule has 1 aromatic heterocycles. The van der Waals surface area contributed by atoms with Crippen LogP contribution >= 0.6 is 0 Å². The van der Waals surface area contributed by atoms with Crippen LogP contribution in [-0.4, -0.2) is 23.0 Å². The molecule has 3 rings (SSSR count). The standard InChI is InChI=1S/C19H15F3N4O2/c1-10-3-6-15(28-2)13(7-10)26-19(27)14-8-16(24-9-23-14)25-12-5-4-11(20)17(21)18(12)22/h3-9H,1-2H3,(H,26,27)(H,23,24,25). The number of halogens is 3. The first-order valence-electron chi connectivity index (χ1n) is 8.07. The van der Waals surface area contributed by atoms with E-state index in [9.17, 15) is 18.0 Å². The van der Waals surface area contributed by atoms with Gasteiger partial charge in [0.2, 0.25) is 0 Å². The minimum atomic E-state index is -1.61. The lowest BCUT2D eigenvalue weighted by molar-refractivity contribution is 0.102. The molecule has 0 aliphatic rings. The summed E-state index contributed by atoms with van der Waals surface area (Å²) in [6, 6.07) is 8.32. The van der Waals surface area contributed by atoms with Crippen molar-refractivity contribution in [1.82, 2.24) is 9.97 Å². The second-order valence-electron chi connectivity index (χ2n) is 5.79. The van der Waals surface area contributed by atoms with E-state index in [1.807, 2.05) is 13.0 Å². The number of carbonyl (C=O) groups excluding carboxylic acids is 1. The van der Waals surface area contributed by atoms with Gasteiger partial charge in [-0.05, 0) is 36.8 Å². The maximum atomic E-state index is 13.8. The molecule has 2 N–H and O–H groups in total. The van der Waals surface area contributed by atoms with Gasteiger partial charge in [-0.3, -0.25) is 4.79 Å². The molecule has 0 aliphatic heterocycles. The molecule has 144 valence electrons. The molecule has 0 aliphatic carbocycles. The maximum Gasteiger partial charge on any atom is 0.274 e. The third kappa shape index (κ3) is 4.03. The zero-order valence-electron chi connectivity index (χ0n) is 14.9. The summed E-state index contributed by atoms with van der Waals surface area (Å²) in [6.07, 6.45) is 1.09. The lowest BCUT2D eigenvalue weighted by atomic mass is 10.2. The normalized spacial score (nSPS) is 10.5. The van der Waals surface area contributed by atoms with Crippen LogP contribution in [0.5, 0.6) is 5.75 Å². The molecule has 0 spiro atoms. The molecule has 28 heavy (non-hydrogen) atoms. The lowest BCUT2D eigenvalue weighted by Gasteiger charge is -2.11. The van der Waals surface area contributed by atoms with Gasteiger partial charge in [-0.1, -0.05) is 6.07 Å². The SMILES string of the molecule is COc1ccc(C)cc1NC(=O)c1cc(Nc2ccc(F)c(F)c2F)ncn1. The number of nitrogens with zero attached hydrogens (tertiary/aromatic N) is 2. The Kier molecular flexibility index (Phi) is 5.44. The van der Waals surface area contributed by atoms with Crippen molar-refractivity contribution in [2.75, 3.05) is 17.7 Å². The molecule has 3 aromatic rings. The van der Waals surface area contributed by atoms with Gasteiger partial charge in [-0.15, -0.1) is 0 Å². The van der Waals surface area contributed by atoms with Crippen LogP contribution in [0.3, 0.4) is 0 Å². The molecule has 0 saturated carbocycles. The molecule has 6 nitrogen and oxygen atoms in total. The summed E-state index contributed by atoms with van der Waals surface area (Å²) >= 11 is 0. The summed E-state index contributed by atoms with van der Waals surface area (Å²) in [6.45, 7) is 1.86. The highest BCUT2D eigenvalue weighted by Crippen LogP contribution is 2.26.